The molecule has 1 aromatic rings. The summed E-state index contributed by atoms with van der Waals surface area (Å²) in [6.45, 7) is 10.8. The van der Waals surface area contributed by atoms with Crippen molar-refractivity contribution in [2.45, 2.75) is 63.2 Å². The van der Waals surface area contributed by atoms with Crippen LogP contribution in [-0.4, -0.2) is 58.2 Å². The van der Waals surface area contributed by atoms with Gasteiger partial charge in [0.2, 0.25) is 0 Å². The van der Waals surface area contributed by atoms with Crippen molar-refractivity contribution in [3.63, 3.8) is 0 Å². The number of aliphatic hydroxyl groups excluding tert-OH is 1. The molecule has 1 aliphatic rings. The van der Waals surface area contributed by atoms with Crippen molar-refractivity contribution in [2.24, 2.45) is 0 Å². The lowest BCUT2D eigenvalue weighted by atomic mass is 9.93. The maximum Gasteiger partial charge on any atom is 0.338 e. The molecule has 2 rings (SSSR count). The van der Waals surface area contributed by atoms with Gasteiger partial charge in [-0.3, -0.25) is 0 Å². The van der Waals surface area contributed by atoms with Crippen LogP contribution in [0.25, 0.3) is 0 Å². The third kappa shape index (κ3) is 4.73. The van der Waals surface area contributed by atoms with E-state index in [1.807, 2.05) is 13.9 Å². The summed E-state index contributed by atoms with van der Waals surface area (Å²) in [5, 5.41) is 10.7. The lowest BCUT2D eigenvalue weighted by molar-refractivity contribution is -0.0226. The maximum atomic E-state index is 12.0. The first-order valence-corrected chi connectivity index (χ1v) is 11.7. The van der Waals surface area contributed by atoms with E-state index in [1.165, 1.54) is 0 Å². The zero-order chi connectivity index (χ0) is 18.8. The second kappa shape index (κ2) is 7.62. The van der Waals surface area contributed by atoms with E-state index in [1.54, 1.807) is 24.3 Å². The Kier molecular flexibility index (Phi) is 6.14. The fourth-order valence-corrected chi connectivity index (χ4v) is 3.92. The number of carbonyl (C=O) groups excluding carboxylic acids is 1. The van der Waals surface area contributed by atoms with E-state index in [9.17, 15) is 9.90 Å². The Labute approximate surface area is 152 Å². The molecule has 25 heavy (non-hydrogen) atoms. The molecule has 1 saturated heterocycles. The number of rotatable bonds is 5. The fourth-order valence-electron chi connectivity index (χ4n) is 2.56. The van der Waals surface area contributed by atoms with Gasteiger partial charge in [-0.15, -0.1) is 0 Å². The van der Waals surface area contributed by atoms with Crippen LogP contribution in [-0.2, 0) is 13.9 Å². The largest absolute Gasteiger partial charge is 0.459 e. The first-order chi connectivity index (χ1) is 11.5. The van der Waals surface area contributed by atoms with Crippen LogP contribution in [0.15, 0.2) is 30.3 Å². The number of hydrogen-bond donors (Lipinski definition) is 1. The van der Waals surface area contributed by atoms with E-state index in [0.717, 1.165) is 0 Å². The van der Waals surface area contributed by atoms with Gasteiger partial charge in [0.15, 0.2) is 8.32 Å². The quantitative estimate of drug-likeness (QED) is 0.639. The Morgan fingerprint density at radius 3 is 2.44 bits per heavy atom. The lowest BCUT2D eigenvalue weighted by Gasteiger charge is -2.39. The highest BCUT2D eigenvalue weighted by molar-refractivity contribution is 6.74. The van der Waals surface area contributed by atoms with Crippen LogP contribution < -0.4 is 0 Å². The summed E-state index contributed by atoms with van der Waals surface area (Å²) in [5.74, 6) is -0.419. The van der Waals surface area contributed by atoms with Crippen LogP contribution in [0.2, 0.25) is 18.1 Å². The van der Waals surface area contributed by atoms with E-state index < -0.39 is 32.6 Å². The topological polar surface area (TPSA) is 65.0 Å². The molecule has 138 valence electrons. The molecule has 0 aromatic heterocycles. The monoisotopic (exact) mass is 364 g/mol. The SMILES string of the molecule is B[C@@H]1O[C@H](COC(=O)c2ccccc2)C(O)[C@@H]1O[Si](C)(C)C(C)(C)C. The van der Waals surface area contributed by atoms with Crippen molar-refractivity contribution in [3.8, 4) is 0 Å². The first-order valence-electron chi connectivity index (χ1n) is 8.76. The standard InChI is InChI=1S/C18H29BO5Si/c1-18(2,3)25(4,5)24-15-14(20)13(23-16(15)19)11-22-17(21)12-9-7-6-8-10-12/h6-10,13-16,20H,11,19H2,1-5H3/t13-,14?,15+,16-/m1/s1. The second-order valence-corrected chi connectivity index (χ2v) is 12.9. The molecule has 7 heteroatoms. The summed E-state index contributed by atoms with van der Waals surface area (Å²) >= 11 is 0. The van der Waals surface area contributed by atoms with Gasteiger partial charge in [-0.1, -0.05) is 39.0 Å². The van der Waals surface area contributed by atoms with Crippen LogP contribution in [0.5, 0.6) is 0 Å². The van der Waals surface area contributed by atoms with Crippen molar-refractivity contribution in [2.75, 3.05) is 6.61 Å². The van der Waals surface area contributed by atoms with Gasteiger partial charge in [0.05, 0.1) is 17.7 Å². The lowest BCUT2D eigenvalue weighted by Crippen LogP contribution is -2.49. The molecule has 0 bridgehead atoms. The Bertz CT molecular complexity index is 587. The van der Waals surface area contributed by atoms with Gasteiger partial charge in [0.1, 0.15) is 26.7 Å². The molecule has 1 heterocycles. The maximum absolute atomic E-state index is 12.0. The molecule has 1 unspecified atom stereocenters. The number of esters is 1. The van der Waals surface area contributed by atoms with Gasteiger partial charge in [-0.05, 0) is 30.3 Å². The second-order valence-electron chi connectivity index (χ2n) is 8.18. The van der Waals surface area contributed by atoms with Crippen LogP contribution in [0.4, 0.5) is 0 Å². The van der Waals surface area contributed by atoms with Crippen molar-refractivity contribution in [1.29, 1.82) is 0 Å². The molecule has 1 aromatic carbocycles. The van der Waals surface area contributed by atoms with Crippen LogP contribution in [0.1, 0.15) is 31.1 Å². The van der Waals surface area contributed by atoms with Gasteiger partial charge in [-0.2, -0.15) is 0 Å². The summed E-state index contributed by atoms with van der Waals surface area (Å²) in [6.07, 6.45) is -1.79. The number of hydrogen-bond acceptors (Lipinski definition) is 5. The average molecular weight is 364 g/mol. The first kappa shape index (κ1) is 20.2. The van der Waals surface area contributed by atoms with Gasteiger partial charge in [-0.25, -0.2) is 4.79 Å². The molecular formula is C18H29BO5Si. The Balaban J connectivity index is 1.95. The normalized spacial score (nSPS) is 27.3. The molecule has 0 spiro atoms. The van der Waals surface area contributed by atoms with E-state index in [2.05, 4.69) is 33.9 Å². The molecule has 0 radical (unpaired) electrons. The highest BCUT2D eigenvalue weighted by Gasteiger charge is 2.48. The molecule has 0 saturated carbocycles. The molecule has 0 aliphatic carbocycles. The minimum absolute atomic E-state index is 0.0105. The van der Waals surface area contributed by atoms with Crippen LogP contribution in [0, 0.1) is 0 Å². The third-order valence-electron chi connectivity index (χ3n) is 5.19. The predicted octanol–water partition coefficient (Wildman–Crippen LogP) is 1.95. The molecule has 0 amide bonds. The number of carbonyl (C=O) groups is 1. The van der Waals surface area contributed by atoms with Gasteiger partial charge < -0.3 is 19.0 Å². The average Bonchev–Trinajstić information content (AvgIpc) is 2.79. The highest BCUT2D eigenvalue weighted by atomic mass is 28.4. The highest BCUT2D eigenvalue weighted by Crippen LogP contribution is 2.39. The Morgan fingerprint density at radius 2 is 1.88 bits per heavy atom. The van der Waals surface area contributed by atoms with E-state index >= 15 is 0 Å². The number of ether oxygens (including phenoxy) is 2. The molecule has 1 fully saturated rings. The summed E-state index contributed by atoms with van der Waals surface area (Å²) in [7, 11) is -0.139. The Hall–Kier alpha value is -1.15. The Morgan fingerprint density at radius 1 is 1.28 bits per heavy atom. The fraction of sp³-hybridized carbons (Fsp3) is 0.611. The zero-order valence-electron chi connectivity index (χ0n) is 16.0. The van der Waals surface area contributed by atoms with Crippen molar-refractivity contribution in [3.05, 3.63) is 35.9 Å². The van der Waals surface area contributed by atoms with E-state index in [4.69, 9.17) is 13.9 Å². The summed E-state index contributed by atoms with van der Waals surface area (Å²) < 4.78 is 17.4. The van der Waals surface area contributed by atoms with E-state index in [-0.39, 0.29) is 17.6 Å². The van der Waals surface area contributed by atoms with Crippen LogP contribution in [0.3, 0.4) is 0 Å². The predicted molar refractivity (Wildman–Crippen MR) is 102 cm³/mol. The van der Waals surface area contributed by atoms with Crippen molar-refractivity contribution < 1.29 is 23.8 Å². The van der Waals surface area contributed by atoms with E-state index in [0.29, 0.717) is 5.56 Å². The molecule has 4 atom stereocenters. The molecular weight excluding hydrogens is 335 g/mol. The van der Waals surface area contributed by atoms with Crippen LogP contribution >= 0.6 is 0 Å². The number of benzene rings is 1. The smallest absolute Gasteiger partial charge is 0.338 e. The molecule has 1 N–H and O–H groups in total. The third-order valence-corrected chi connectivity index (χ3v) is 9.67. The zero-order valence-corrected chi connectivity index (χ0v) is 17.0. The molecule has 1 aliphatic heterocycles. The number of aliphatic hydroxyl groups is 1. The van der Waals surface area contributed by atoms with Gasteiger partial charge in [0, 0.05) is 0 Å². The van der Waals surface area contributed by atoms with Crippen molar-refractivity contribution >= 4 is 22.1 Å². The minimum Gasteiger partial charge on any atom is -0.459 e. The summed E-state index contributed by atoms with van der Waals surface area (Å²) in [6, 6.07) is 8.54. The van der Waals surface area contributed by atoms with Gasteiger partial charge in [0.25, 0.3) is 0 Å². The molecule has 5 nitrogen and oxygen atoms in total. The summed E-state index contributed by atoms with van der Waals surface area (Å²) in [5.41, 5.74) is 0.483. The summed E-state index contributed by atoms with van der Waals surface area (Å²) in [4.78, 5) is 12.0. The minimum atomic E-state index is -2.03. The van der Waals surface area contributed by atoms with Crippen molar-refractivity contribution in [1.82, 2.24) is 0 Å². The van der Waals surface area contributed by atoms with Gasteiger partial charge >= 0.3 is 5.97 Å².